The summed E-state index contributed by atoms with van der Waals surface area (Å²) in [6.45, 7) is 12.0. The van der Waals surface area contributed by atoms with Gasteiger partial charge in [0.25, 0.3) is 0 Å². The number of amides is 2. The molecule has 0 bridgehead atoms. The number of carbonyl (C=O) groups excluding carboxylic acids is 3. The molecule has 1 unspecified atom stereocenters. The molecule has 22 heteroatoms. The van der Waals surface area contributed by atoms with Crippen LogP contribution >= 0.6 is 0 Å². The zero-order chi connectivity index (χ0) is 52.1. The van der Waals surface area contributed by atoms with Gasteiger partial charge in [0.05, 0.1) is 90.8 Å². The van der Waals surface area contributed by atoms with Crippen LogP contribution in [0, 0.1) is 0 Å². The van der Waals surface area contributed by atoms with Gasteiger partial charge < -0.3 is 70.5 Å². The van der Waals surface area contributed by atoms with Crippen molar-refractivity contribution in [2.75, 3.05) is 110 Å². The second-order valence-corrected chi connectivity index (χ2v) is 16.2. The fraction of sp³-hybridized carbons (Fsp3) is 0.529. The average molecular weight is 1020 g/mol. The highest BCUT2D eigenvalue weighted by atomic mass is 16.5. The van der Waals surface area contributed by atoms with Gasteiger partial charge in [-0.2, -0.15) is 9.97 Å². The molecule has 2 aromatic heterocycles. The molecule has 0 spiro atoms. The van der Waals surface area contributed by atoms with E-state index >= 15 is 0 Å². The Morgan fingerprint density at radius 3 is 1.82 bits per heavy atom. The quantitative estimate of drug-likeness (QED) is 0.0402. The van der Waals surface area contributed by atoms with Gasteiger partial charge in [-0.25, -0.2) is 9.97 Å². The maximum atomic E-state index is 12.3. The minimum Gasteiger partial charge on any atom is -0.471 e. The van der Waals surface area contributed by atoms with E-state index in [4.69, 9.17) is 59.8 Å². The lowest BCUT2D eigenvalue weighted by Gasteiger charge is -2.13. The van der Waals surface area contributed by atoms with Gasteiger partial charge in [-0.3, -0.25) is 19.4 Å². The third kappa shape index (κ3) is 26.3. The molecule has 0 fully saturated rings. The predicted octanol–water partition coefficient (Wildman–Crippen LogP) is 3.42. The van der Waals surface area contributed by atoms with E-state index in [0.29, 0.717) is 162 Å². The highest BCUT2D eigenvalue weighted by molar-refractivity contribution is 5.88. The molecule has 0 saturated heterocycles. The van der Waals surface area contributed by atoms with Gasteiger partial charge in [0, 0.05) is 64.6 Å². The Labute approximate surface area is 427 Å². The zero-order valence-electron chi connectivity index (χ0n) is 42.3. The SMILES string of the molecule is CCOCCOCCNC(=O)CC(N)C(=O)NCCOCCOCCOCCCC(=O)CCc1ccc(COc2nccc(N)n2)cc1.CCOCCOCc1ccc(COc2nc(N)nc3c2N=CC3)cc1. The van der Waals surface area contributed by atoms with Crippen molar-refractivity contribution < 1.29 is 57.0 Å². The van der Waals surface area contributed by atoms with E-state index in [1.807, 2.05) is 62.4 Å². The molecule has 8 N–H and O–H groups in total. The number of rotatable bonds is 38. The van der Waals surface area contributed by atoms with Crippen LogP contribution in [0.4, 0.5) is 17.5 Å². The van der Waals surface area contributed by atoms with Gasteiger partial charge in [0.2, 0.25) is 23.6 Å². The lowest BCUT2D eigenvalue weighted by atomic mass is 10.0. The molecule has 400 valence electrons. The first-order chi connectivity index (χ1) is 35.6. The average Bonchev–Trinajstić information content (AvgIpc) is 3.87. The van der Waals surface area contributed by atoms with Gasteiger partial charge in [0.1, 0.15) is 30.5 Å². The summed E-state index contributed by atoms with van der Waals surface area (Å²) >= 11 is 0. The van der Waals surface area contributed by atoms with Crippen LogP contribution in [0.3, 0.4) is 0 Å². The largest absolute Gasteiger partial charge is 0.471 e. The molecule has 73 heavy (non-hydrogen) atoms. The Balaban J connectivity index is 0.000000383. The number of hydrogen-bond donors (Lipinski definition) is 5. The Morgan fingerprint density at radius 2 is 1.18 bits per heavy atom. The second-order valence-electron chi connectivity index (χ2n) is 16.2. The van der Waals surface area contributed by atoms with Crippen molar-refractivity contribution >= 4 is 41.3 Å². The van der Waals surface area contributed by atoms with Gasteiger partial charge in [-0.1, -0.05) is 48.5 Å². The molecule has 1 aliphatic rings. The number of aliphatic imine (C=N–C) groups is 1. The maximum Gasteiger partial charge on any atom is 0.318 e. The molecular weight excluding hydrogens is 945 g/mol. The van der Waals surface area contributed by atoms with Crippen molar-refractivity contribution in [3.8, 4) is 11.9 Å². The van der Waals surface area contributed by atoms with E-state index in [1.54, 1.807) is 18.5 Å². The Hall–Kier alpha value is -6.24. The summed E-state index contributed by atoms with van der Waals surface area (Å²) in [7, 11) is 0. The van der Waals surface area contributed by atoms with Crippen molar-refractivity contribution in [1.82, 2.24) is 30.6 Å². The van der Waals surface area contributed by atoms with Gasteiger partial charge in [-0.15, -0.1) is 0 Å². The topological polar surface area (TPSA) is 300 Å². The first-order valence-corrected chi connectivity index (χ1v) is 24.7. The van der Waals surface area contributed by atoms with Crippen molar-refractivity contribution in [1.29, 1.82) is 0 Å². The number of nitrogens with zero attached hydrogens (tertiary/aromatic N) is 5. The fourth-order valence-corrected chi connectivity index (χ4v) is 6.49. The number of Topliss-reactive ketones (excluding diaryl/α,β-unsaturated/α-hetero) is 1. The summed E-state index contributed by atoms with van der Waals surface area (Å²) in [5.41, 5.74) is 22.8. The molecule has 1 aliphatic heterocycles. The molecule has 0 radical (unpaired) electrons. The predicted molar refractivity (Wildman–Crippen MR) is 273 cm³/mol. The summed E-state index contributed by atoms with van der Waals surface area (Å²) in [6, 6.07) is 16.9. The molecule has 0 aliphatic carbocycles. The first kappa shape index (κ1) is 59.3. The second kappa shape index (κ2) is 36.6. The van der Waals surface area contributed by atoms with E-state index in [9.17, 15) is 14.4 Å². The summed E-state index contributed by atoms with van der Waals surface area (Å²) < 4.78 is 49.0. The minimum absolute atomic E-state index is 0.116. The number of carbonyl (C=O) groups is 3. The van der Waals surface area contributed by atoms with E-state index in [-0.39, 0.29) is 36.6 Å². The van der Waals surface area contributed by atoms with E-state index in [1.165, 1.54) is 0 Å². The van der Waals surface area contributed by atoms with Crippen LogP contribution in [-0.4, -0.2) is 149 Å². The summed E-state index contributed by atoms with van der Waals surface area (Å²) in [4.78, 5) is 56.8. The van der Waals surface area contributed by atoms with Crippen molar-refractivity contribution in [3.05, 3.63) is 88.7 Å². The van der Waals surface area contributed by atoms with Crippen LogP contribution in [0.1, 0.15) is 67.5 Å². The molecule has 0 saturated carbocycles. The minimum atomic E-state index is -0.945. The number of nitrogen functional groups attached to an aromatic ring is 2. The normalized spacial score (nSPS) is 11.9. The fourth-order valence-electron chi connectivity index (χ4n) is 6.49. The van der Waals surface area contributed by atoms with Crippen LogP contribution in [0.25, 0.3) is 0 Å². The van der Waals surface area contributed by atoms with Crippen molar-refractivity contribution in [2.45, 2.75) is 78.2 Å². The smallest absolute Gasteiger partial charge is 0.318 e. The molecule has 1 atom stereocenters. The van der Waals surface area contributed by atoms with E-state index in [0.717, 1.165) is 27.9 Å². The summed E-state index contributed by atoms with van der Waals surface area (Å²) in [5.74, 6) is 0.455. The highest BCUT2D eigenvalue weighted by Crippen LogP contribution is 2.33. The van der Waals surface area contributed by atoms with E-state index < -0.39 is 11.9 Å². The number of nitrogens with one attached hydrogen (secondary N) is 2. The third-order valence-electron chi connectivity index (χ3n) is 10.3. The number of hydrogen-bond acceptors (Lipinski definition) is 20. The Morgan fingerprint density at radius 1 is 0.616 bits per heavy atom. The number of nitrogens with two attached hydrogens (primary N) is 3. The van der Waals surface area contributed by atoms with Crippen LogP contribution in [0.15, 0.2) is 65.8 Å². The van der Waals surface area contributed by atoms with Gasteiger partial charge >= 0.3 is 6.01 Å². The Bertz CT molecular complexity index is 2210. The molecular formula is C51H74N10O12. The van der Waals surface area contributed by atoms with Crippen LogP contribution < -0.4 is 37.3 Å². The zero-order valence-corrected chi connectivity index (χ0v) is 42.3. The summed E-state index contributed by atoms with van der Waals surface area (Å²) in [5, 5.41) is 5.31. The molecule has 5 rings (SSSR count). The number of benzene rings is 2. The lowest BCUT2D eigenvalue weighted by Crippen LogP contribution is -2.45. The number of ether oxygens (including phenoxy) is 9. The number of anilines is 2. The molecule has 2 amide bonds. The summed E-state index contributed by atoms with van der Waals surface area (Å²) in [6.07, 6.45) is 6.17. The van der Waals surface area contributed by atoms with Crippen LogP contribution in [0.2, 0.25) is 0 Å². The van der Waals surface area contributed by atoms with Crippen LogP contribution in [0.5, 0.6) is 11.9 Å². The van der Waals surface area contributed by atoms with Gasteiger partial charge in [0.15, 0.2) is 0 Å². The van der Waals surface area contributed by atoms with Crippen molar-refractivity contribution in [3.63, 3.8) is 0 Å². The monoisotopic (exact) mass is 1020 g/mol. The maximum absolute atomic E-state index is 12.3. The molecule has 4 aromatic rings. The highest BCUT2D eigenvalue weighted by Gasteiger charge is 2.18. The number of ketones is 1. The lowest BCUT2D eigenvalue weighted by molar-refractivity contribution is -0.127. The first-order valence-electron chi connectivity index (χ1n) is 24.7. The standard InChI is InChI=1S/C33H52N6O9.C18H22N4O3/c1-2-43-18-19-45-16-13-36-31(41)24-29(34)32(42)37-14-17-46-21-23-47-22-20-44-15-3-4-28(40)10-9-26-5-7-27(8-6-26)25-48-33-38-12-11-30(35)39-33;1-2-23-9-10-24-11-13-3-5-14(6-4-13)12-25-17-16-15(7-8-20-16)21-18(19)22-17/h5-8,11-12,29H,2-4,9-10,13-25,34H2,1H3,(H,36,41)(H,37,42)(H2,35,38,39);3-6,8H,2,7,9-12H2,1H3,(H2,19,21,22). The number of aromatic nitrogens is 4. The van der Waals surface area contributed by atoms with E-state index in [2.05, 4.69) is 35.6 Å². The molecule has 2 aromatic carbocycles. The molecule has 3 heterocycles. The number of fused-ring (bicyclic) bond motifs is 1. The Kier molecular flexibility index (Phi) is 29.8. The number of aryl methyl sites for hydroxylation is 1. The van der Waals surface area contributed by atoms with Crippen LogP contribution in [-0.2, 0) is 80.2 Å². The van der Waals surface area contributed by atoms with Crippen molar-refractivity contribution in [2.24, 2.45) is 10.7 Å². The third-order valence-corrected chi connectivity index (χ3v) is 10.3. The van der Waals surface area contributed by atoms with Gasteiger partial charge in [-0.05, 0) is 55.0 Å². The molecule has 22 nitrogen and oxygen atoms in total.